The van der Waals surface area contributed by atoms with E-state index in [1.54, 1.807) is 0 Å². The molecule has 2 rings (SSSR count). The Morgan fingerprint density at radius 2 is 2.31 bits per heavy atom. The molecular weight excluding hydrogens is 206 g/mol. The molecule has 0 aliphatic rings. The van der Waals surface area contributed by atoms with Crippen molar-refractivity contribution >= 4 is 23.1 Å². The van der Waals surface area contributed by atoms with Crippen LogP contribution in [0.25, 0.3) is 11.0 Å². The highest BCUT2D eigenvalue weighted by atomic mass is 16.4. The zero-order valence-corrected chi connectivity index (χ0v) is 9.16. The van der Waals surface area contributed by atoms with Crippen molar-refractivity contribution < 1.29 is 9.90 Å². The van der Waals surface area contributed by atoms with E-state index in [1.807, 2.05) is 19.1 Å². The van der Waals surface area contributed by atoms with Crippen LogP contribution in [0.5, 0.6) is 0 Å². The molecular formula is C11H13N3O2. The number of rotatable bonds is 2. The van der Waals surface area contributed by atoms with Crippen LogP contribution in [0.2, 0.25) is 0 Å². The van der Waals surface area contributed by atoms with Crippen molar-refractivity contribution in [1.29, 1.82) is 0 Å². The van der Waals surface area contributed by atoms with Gasteiger partial charge in [-0.1, -0.05) is 13.0 Å². The monoisotopic (exact) mass is 219 g/mol. The van der Waals surface area contributed by atoms with Crippen LogP contribution in [0.3, 0.4) is 0 Å². The van der Waals surface area contributed by atoms with Crippen molar-refractivity contribution in [1.82, 2.24) is 9.97 Å². The first-order chi connectivity index (χ1) is 7.61. The largest absolute Gasteiger partial charge is 0.465 e. The smallest absolute Gasteiger partial charge is 0.411 e. The van der Waals surface area contributed by atoms with E-state index in [4.69, 9.17) is 5.11 Å². The quantitative estimate of drug-likeness (QED) is 0.726. The molecule has 16 heavy (non-hydrogen) atoms. The lowest BCUT2D eigenvalue weighted by Crippen LogP contribution is -2.08. The van der Waals surface area contributed by atoms with Gasteiger partial charge in [0.1, 0.15) is 0 Å². The van der Waals surface area contributed by atoms with E-state index in [0.29, 0.717) is 0 Å². The molecule has 0 aliphatic heterocycles. The molecule has 1 aromatic carbocycles. The molecule has 1 amide bonds. The minimum atomic E-state index is -1.12. The van der Waals surface area contributed by atoms with E-state index in [9.17, 15) is 4.79 Å². The number of benzene rings is 1. The summed E-state index contributed by atoms with van der Waals surface area (Å²) < 4.78 is 0. The molecule has 5 nitrogen and oxygen atoms in total. The molecule has 1 heterocycles. The number of aromatic amines is 1. The van der Waals surface area contributed by atoms with Crippen molar-refractivity contribution in [2.45, 2.75) is 20.3 Å². The van der Waals surface area contributed by atoms with Gasteiger partial charge in [-0.15, -0.1) is 0 Å². The summed E-state index contributed by atoms with van der Waals surface area (Å²) >= 11 is 0. The van der Waals surface area contributed by atoms with Gasteiger partial charge in [-0.05, 0) is 30.5 Å². The molecule has 5 heteroatoms. The van der Waals surface area contributed by atoms with Gasteiger partial charge in [0.2, 0.25) is 5.95 Å². The van der Waals surface area contributed by atoms with Crippen molar-refractivity contribution in [2.24, 2.45) is 0 Å². The van der Waals surface area contributed by atoms with Crippen LogP contribution < -0.4 is 5.32 Å². The van der Waals surface area contributed by atoms with Gasteiger partial charge in [-0.3, -0.25) is 5.32 Å². The number of nitrogens with zero attached hydrogens (tertiary/aromatic N) is 1. The summed E-state index contributed by atoms with van der Waals surface area (Å²) in [6.07, 6.45) is -0.241. The number of anilines is 1. The highest BCUT2D eigenvalue weighted by Gasteiger charge is 2.09. The highest BCUT2D eigenvalue weighted by Crippen LogP contribution is 2.22. The molecule has 2 aromatic rings. The second-order valence-electron chi connectivity index (χ2n) is 3.63. The molecule has 0 aliphatic carbocycles. The van der Waals surface area contributed by atoms with Crippen molar-refractivity contribution in [3.05, 3.63) is 23.3 Å². The Balaban J connectivity index is 2.56. The van der Waals surface area contributed by atoms with E-state index in [0.717, 1.165) is 23.0 Å². The van der Waals surface area contributed by atoms with Gasteiger partial charge in [-0.25, -0.2) is 9.78 Å². The molecule has 3 N–H and O–H groups in total. The highest BCUT2D eigenvalue weighted by molar-refractivity contribution is 5.87. The molecule has 0 saturated heterocycles. The number of nitrogens with one attached hydrogen (secondary N) is 2. The van der Waals surface area contributed by atoms with Crippen LogP contribution in [-0.2, 0) is 6.42 Å². The first kappa shape index (κ1) is 10.5. The fraction of sp³-hybridized carbons (Fsp3) is 0.273. The Morgan fingerprint density at radius 3 is 2.94 bits per heavy atom. The predicted molar refractivity (Wildman–Crippen MR) is 61.9 cm³/mol. The number of carbonyl (C=O) groups is 1. The van der Waals surface area contributed by atoms with Crippen LogP contribution in [0.15, 0.2) is 12.1 Å². The third kappa shape index (κ3) is 1.71. The number of H-pyrrole nitrogens is 1. The Labute approximate surface area is 92.5 Å². The molecule has 0 unspecified atom stereocenters. The SMILES string of the molecule is CCc1c(C)ccc2[nH]c(NC(=O)O)nc12. The fourth-order valence-electron chi connectivity index (χ4n) is 1.84. The Kier molecular flexibility index (Phi) is 2.52. The average molecular weight is 219 g/mol. The van der Waals surface area contributed by atoms with E-state index in [2.05, 4.69) is 22.2 Å². The summed E-state index contributed by atoms with van der Waals surface area (Å²) in [5.74, 6) is 0.266. The van der Waals surface area contributed by atoms with E-state index in [-0.39, 0.29) is 5.95 Å². The normalized spacial score (nSPS) is 10.6. The summed E-state index contributed by atoms with van der Waals surface area (Å²) in [5.41, 5.74) is 4.01. The van der Waals surface area contributed by atoms with Crippen LogP contribution in [0, 0.1) is 6.92 Å². The predicted octanol–water partition coefficient (Wildman–Crippen LogP) is 2.52. The van der Waals surface area contributed by atoms with Gasteiger partial charge in [0, 0.05) is 0 Å². The number of aryl methyl sites for hydroxylation is 2. The number of aromatic nitrogens is 2. The van der Waals surface area contributed by atoms with E-state index < -0.39 is 6.09 Å². The van der Waals surface area contributed by atoms with Gasteiger partial charge in [0.05, 0.1) is 11.0 Å². The zero-order valence-electron chi connectivity index (χ0n) is 9.16. The Hall–Kier alpha value is -2.04. The number of carboxylic acid groups (broad SMARTS) is 1. The number of imidazole rings is 1. The third-order valence-corrected chi connectivity index (χ3v) is 2.57. The summed E-state index contributed by atoms with van der Waals surface area (Å²) in [6.45, 7) is 4.08. The molecule has 0 saturated carbocycles. The lowest BCUT2D eigenvalue weighted by molar-refractivity contribution is 0.209. The zero-order chi connectivity index (χ0) is 11.7. The third-order valence-electron chi connectivity index (χ3n) is 2.57. The molecule has 84 valence electrons. The molecule has 0 bridgehead atoms. The molecule has 0 atom stereocenters. The molecule has 0 radical (unpaired) electrons. The standard InChI is InChI=1S/C11H13N3O2/c1-3-7-6(2)4-5-8-9(7)13-10(12-8)14-11(15)16/h4-5H,3H2,1-2H3,(H,15,16)(H2,12,13,14). The number of hydrogen-bond acceptors (Lipinski definition) is 2. The summed E-state index contributed by atoms with van der Waals surface area (Å²) in [7, 11) is 0. The van der Waals surface area contributed by atoms with E-state index in [1.165, 1.54) is 5.56 Å². The Morgan fingerprint density at radius 1 is 1.56 bits per heavy atom. The van der Waals surface area contributed by atoms with Crippen molar-refractivity contribution in [3.8, 4) is 0 Å². The number of amides is 1. The van der Waals surface area contributed by atoms with Crippen LogP contribution in [0.1, 0.15) is 18.1 Å². The summed E-state index contributed by atoms with van der Waals surface area (Å²) in [6, 6.07) is 3.91. The minimum absolute atomic E-state index is 0.266. The topological polar surface area (TPSA) is 78.0 Å². The first-order valence-corrected chi connectivity index (χ1v) is 5.10. The summed E-state index contributed by atoms with van der Waals surface area (Å²) in [4.78, 5) is 17.7. The molecule has 0 fully saturated rings. The number of hydrogen-bond donors (Lipinski definition) is 3. The second kappa shape index (κ2) is 3.84. The maximum atomic E-state index is 10.5. The van der Waals surface area contributed by atoms with Crippen LogP contribution in [-0.4, -0.2) is 21.2 Å². The van der Waals surface area contributed by atoms with Gasteiger partial charge >= 0.3 is 6.09 Å². The van der Waals surface area contributed by atoms with Crippen molar-refractivity contribution in [3.63, 3.8) is 0 Å². The molecule has 1 aromatic heterocycles. The summed E-state index contributed by atoms with van der Waals surface area (Å²) in [5, 5.41) is 10.8. The second-order valence-corrected chi connectivity index (χ2v) is 3.63. The van der Waals surface area contributed by atoms with Gasteiger partial charge < -0.3 is 10.1 Å². The van der Waals surface area contributed by atoms with Gasteiger partial charge in [0.15, 0.2) is 0 Å². The fourth-order valence-corrected chi connectivity index (χ4v) is 1.84. The maximum absolute atomic E-state index is 10.5. The van der Waals surface area contributed by atoms with Gasteiger partial charge in [0.25, 0.3) is 0 Å². The molecule has 0 spiro atoms. The lowest BCUT2D eigenvalue weighted by atomic mass is 10.1. The minimum Gasteiger partial charge on any atom is -0.465 e. The van der Waals surface area contributed by atoms with Crippen LogP contribution in [0.4, 0.5) is 10.7 Å². The first-order valence-electron chi connectivity index (χ1n) is 5.10. The van der Waals surface area contributed by atoms with Crippen molar-refractivity contribution in [2.75, 3.05) is 5.32 Å². The Bertz CT molecular complexity index is 545. The maximum Gasteiger partial charge on any atom is 0.411 e. The number of fused-ring (bicyclic) bond motifs is 1. The lowest BCUT2D eigenvalue weighted by Gasteiger charge is -2.02. The average Bonchev–Trinajstić information content (AvgIpc) is 2.59. The van der Waals surface area contributed by atoms with Crippen LogP contribution >= 0.6 is 0 Å². The van der Waals surface area contributed by atoms with Gasteiger partial charge in [-0.2, -0.15) is 0 Å². The van der Waals surface area contributed by atoms with E-state index >= 15 is 0 Å².